The van der Waals surface area contributed by atoms with E-state index >= 15 is 0 Å². The lowest BCUT2D eigenvalue weighted by Crippen LogP contribution is -2.11. The molecule has 2 fully saturated rings. The molecule has 1 N–H and O–H groups in total. The summed E-state index contributed by atoms with van der Waals surface area (Å²) in [6.07, 6.45) is 8.85. The van der Waals surface area contributed by atoms with E-state index in [1.54, 1.807) is 32.8 Å². The molecule has 0 amide bonds. The van der Waals surface area contributed by atoms with E-state index in [1.807, 2.05) is 49.5 Å². The van der Waals surface area contributed by atoms with Crippen molar-refractivity contribution in [3.63, 3.8) is 0 Å². The van der Waals surface area contributed by atoms with Crippen LogP contribution >= 0.6 is 0 Å². The molecule has 62 heavy (non-hydrogen) atoms. The molecule has 6 aromatic rings. The molecule has 0 aliphatic heterocycles. The molecular formula is C50H48N4O8. The van der Waals surface area contributed by atoms with E-state index in [0.717, 1.165) is 57.3 Å². The molecule has 0 unspecified atom stereocenters. The lowest BCUT2D eigenvalue weighted by atomic mass is 9.99. The van der Waals surface area contributed by atoms with Crippen LogP contribution in [0.25, 0.3) is 22.3 Å². The highest BCUT2D eigenvalue weighted by Gasteiger charge is 2.61. The van der Waals surface area contributed by atoms with E-state index in [-0.39, 0.29) is 35.6 Å². The molecule has 4 aromatic heterocycles. The zero-order valence-electron chi connectivity index (χ0n) is 35.3. The minimum atomic E-state index is -0.696. The maximum Gasteiger partial charge on any atom is 0.309 e. The number of carboxylic acids is 1. The van der Waals surface area contributed by atoms with Crippen molar-refractivity contribution in [2.45, 2.75) is 58.7 Å². The summed E-state index contributed by atoms with van der Waals surface area (Å²) < 4.78 is 27.7. The van der Waals surface area contributed by atoms with Crippen LogP contribution in [0.1, 0.15) is 63.3 Å². The van der Waals surface area contributed by atoms with Crippen LogP contribution < -0.4 is 18.9 Å². The number of carbonyl (C=O) groups is 2. The fraction of sp³-hybridized carbons (Fsp3) is 0.320. The van der Waals surface area contributed by atoms with Crippen LogP contribution in [0.15, 0.2) is 97.6 Å². The van der Waals surface area contributed by atoms with E-state index in [2.05, 4.69) is 70.2 Å². The Morgan fingerprint density at radius 3 is 1.58 bits per heavy atom. The standard InChI is InChI=1S/C26H26N2O4.C24H22N2O4/c1-4-31-26(29)25-20-10-18-12-23(28-13-21(18)24(20)25)32-14-16-6-5-15(2)19(9-16)17-7-8-27-22(11-17)30-3;1-13-3-4-14(7-17(13)15-5-6-25-20(9-15)29-2)12-30-21-10-16-8-18-22(19(16)11-26-21)23(18)24(27)28/h5-9,11-13,20,24-25H,4,10,14H2,1-3H3;3-7,9-11,18,22-23H,8,12H2,1-2H3,(H,27,28)/t20-,24-,25+;18-,22-,23+/m11/s1. The van der Waals surface area contributed by atoms with Gasteiger partial charge in [0.05, 0.1) is 32.7 Å². The number of carbonyl (C=O) groups excluding carboxylic acids is 1. The van der Waals surface area contributed by atoms with Gasteiger partial charge in [-0.3, -0.25) is 9.59 Å². The summed E-state index contributed by atoms with van der Waals surface area (Å²) in [5.74, 6) is 2.36. The van der Waals surface area contributed by atoms with E-state index < -0.39 is 5.97 Å². The summed E-state index contributed by atoms with van der Waals surface area (Å²) in [6.45, 7) is 7.28. The predicted molar refractivity (Wildman–Crippen MR) is 230 cm³/mol. The quantitative estimate of drug-likeness (QED) is 0.111. The lowest BCUT2D eigenvalue weighted by Gasteiger charge is -2.12. The highest BCUT2D eigenvalue weighted by atomic mass is 16.5. The molecule has 12 heteroatoms. The summed E-state index contributed by atoms with van der Waals surface area (Å²) in [4.78, 5) is 40.6. The van der Waals surface area contributed by atoms with E-state index in [0.29, 0.717) is 49.3 Å². The molecule has 0 radical (unpaired) electrons. The van der Waals surface area contributed by atoms with Crippen molar-refractivity contribution in [3.8, 4) is 45.8 Å². The zero-order chi connectivity index (χ0) is 43.1. The second-order valence-electron chi connectivity index (χ2n) is 16.4. The van der Waals surface area contributed by atoms with Crippen LogP contribution in [0.2, 0.25) is 0 Å². The Morgan fingerprint density at radius 1 is 0.629 bits per heavy atom. The first-order chi connectivity index (χ1) is 30.1. The molecule has 316 valence electrons. The van der Waals surface area contributed by atoms with Crippen molar-refractivity contribution in [3.05, 3.63) is 142 Å². The molecule has 6 atom stereocenters. The number of esters is 1. The van der Waals surface area contributed by atoms with Gasteiger partial charge in [0.25, 0.3) is 0 Å². The average molecular weight is 833 g/mol. The molecule has 4 aliphatic carbocycles. The number of hydrogen-bond donors (Lipinski definition) is 1. The van der Waals surface area contributed by atoms with Gasteiger partial charge in [-0.15, -0.1) is 0 Å². The van der Waals surface area contributed by atoms with Gasteiger partial charge in [-0.25, -0.2) is 19.9 Å². The highest BCUT2D eigenvalue weighted by Crippen LogP contribution is 2.62. The number of rotatable bonds is 13. The molecular weight excluding hydrogens is 785 g/mol. The number of hydrogen-bond acceptors (Lipinski definition) is 11. The topological polar surface area (TPSA) is 152 Å². The van der Waals surface area contributed by atoms with Gasteiger partial charge in [0, 0.05) is 60.9 Å². The fourth-order valence-electron chi connectivity index (χ4n) is 9.42. The number of fused-ring (bicyclic) bond motifs is 6. The zero-order valence-corrected chi connectivity index (χ0v) is 35.3. The predicted octanol–water partition coefficient (Wildman–Crippen LogP) is 8.50. The summed E-state index contributed by atoms with van der Waals surface area (Å²) in [5, 5.41) is 9.25. The second-order valence-corrected chi connectivity index (χ2v) is 16.4. The summed E-state index contributed by atoms with van der Waals surface area (Å²) in [7, 11) is 3.23. The van der Waals surface area contributed by atoms with Gasteiger partial charge in [0.1, 0.15) is 13.2 Å². The van der Waals surface area contributed by atoms with Crippen molar-refractivity contribution >= 4 is 11.9 Å². The Bertz CT molecular complexity index is 2690. The van der Waals surface area contributed by atoms with Crippen LogP contribution in [-0.4, -0.2) is 57.8 Å². The van der Waals surface area contributed by atoms with E-state index in [9.17, 15) is 14.7 Å². The Hall–Kier alpha value is -6.82. The molecule has 0 saturated heterocycles. The first kappa shape index (κ1) is 40.6. The first-order valence-electron chi connectivity index (χ1n) is 21.0. The van der Waals surface area contributed by atoms with Crippen LogP contribution in [-0.2, 0) is 40.4 Å². The largest absolute Gasteiger partial charge is 0.481 e. The Morgan fingerprint density at radius 2 is 1.11 bits per heavy atom. The normalized spacial score (nSPS) is 20.6. The molecule has 2 aromatic carbocycles. The van der Waals surface area contributed by atoms with Gasteiger partial charge in [-0.05, 0) is 136 Å². The molecule has 0 bridgehead atoms. The number of carboxylic acid groups (broad SMARTS) is 1. The highest BCUT2D eigenvalue weighted by molar-refractivity contribution is 5.80. The molecule has 4 heterocycles. The van der Waals surface area contributed by atoms with Crippen molar-refractivity contribution in [2.24, 2.45) is 23.7 Å². The van der Waals surface area contributed by atoms with Gasteiger partial charge in [0.2, 0.25) is 23.5 Å². The van der Waals surface area contributed by atoms with Crippen molar-refractivity contribution in [2.75, 3.05) is 20.8 Å². The third-order valence-corrected chi connectivity index (χ3v) is 12.7. The smallest absolute Gasteiger partial charge is 0.309 e. The Labute approximate surface area is 360 Å². The Kier molecular flexibility index (Phi) is 11.1. The van der Waals surface area contributed by atoms with Crippen molar-refractivity contribution < 1.29 is 38.4 Å². The summed E-state index contributed by atoms with van der Waals surface area (Å²) >= 11 is 0. The molecule has 2 saturated carbocycles. The number of aliphatic carboxylic acids is 1. The third-order valence-electron chi connectivity index (χ3n) is 12.7. The molecule has 12 nitrogen and oxygen atoms in total. The van der Waals surface area contributed by atoms with Gasteiger partial charge in [-0.2, -0.15) is 0 Å². The van der Waals surface area contributed by atoms with Gasteiger partial charge >= 0.3 is 11.9 Å². The van der Waals surface area contributed by atoms with Crippen LogP contribution in [0.4, 0.5) is 0 Å². The number of methoxy groups -OCH3 is 2. The van der Waals surface area contributed by atoms with E-state index in [1.165, 1.54) is 22.3 Å². The second kappa shape index (κ2) is 16.9. The Balaban J connectivity index is 0.000000158. The monoisotopic (exact) mass is 832 g/mol. The van der Waals surface area contributed by atoms with Crippen LogP contribution in [0.3, 0.4) is 0 Å². The average Bonchev–Trinajstić information content (AvgIpc) is 4.11. The minimum Gasteiger partial charge on any atom is -0.481 e. The number of ether oxygens (including phenoxy) is 5. The number of benzene rings is 2. The number of nitrogens with zero attached hydrogens (tertiary/aromatic N) is 4. The number of aryl methyl sites for hydroxylation is 2. The van der Waals surface area contributed by atoms with Crippen LogP contribution in [0, 0.1) is 37.5 Å². The third kappa shape index (κ3) is 8.04. The van der Waals surface area contributed by atoms with Gasteiger partial charge < -0.3 is 28.8 Å². The maximum atomic E-state index is 12.1. The van der Waals surface area contributed by atoms with E-state index in [4.69, 9.17) is 23.7 Å². The lowest BCUT2D eigenvalue weighted by molar-refractivity contribution is -0.145. The van der Waals surface area contributed by atoms with Crippen LogP contribution in [0.5, 0.6) is 23.5 Å². The summed E-state index contributed by atoms with van der Waals surface area (Å²) in [6, 6.07) is 24.3. The number of pyridine rings is 4. The molecule has 0 spiro atoms. The number of aromatic nitrogens is 4. The fourth-order valence-corrected chi connectivity index (χ4v) is 9.42. The molecule has 10 rings (SSSR count). The summed E-state index contributed by atoms with van der Waals surface area (Å²) in [5.41, 5.74) is 13.4. The van der Waals surface area contributed by atoms with Crippen molar-refractivity contribution in [1.29, 1.82) is 0 Å². The van der Waals surface area contributed by atoms with Gasteiger partial charge in [0.15, 0.2) is 0 Å². The van der Waals surface area contributed by atoms with Crippen molar-refractivity contribution in [1.82, 2.24) is 19.9 Å². The SMILES string of the molecule is CCOC(=O)[C@H]1[C@@H]2Cc3cc(OCc4ccc(C)c(-c5ccnc(OC)c5)c4)ncc3[C@@H]21.COc1cc(-c2cc(COc3cc4c(cn3)[C@H]3[C@@H](C4)[C@@H]3C(=O)O)ccc2C)ccn1. The maximum absolute atomic E-state index is 12.1. The van der Waals surface area contributed by atoms with Gasteiger partial charge in [-0.1, -0.05) is 24.3 Å². The first-order valence-corrected chi connectivity index (χ1v) is 21.0. The minimum absolute atomic E-state index is 0.00816. The molecule has 4 aliphatic rings.